The van der Waals surface area contributed by atoms with Gasteiger partial charge in [0.2, 0.25) is 0 Å². The van der Waals surface area contributed by atoms with E-state index in [2.05, 4.69) is 5.32 Å². The second kappa shape index (κ2) is 6.22. The van der Waals surface area contributed by atoms with Crippen LogP contribution in [-0.4, -0.2) is 26.0 Å². The monoisotopic (exact) mass is 329 g/mol. The Kier molecular flexibility index (Phi) is 5.32. The molecule has 0 aliphatic heterocycles. The Morgan fingerprint density at radius 3 is 2.35 bits per heavy atom. The predicted molar refractivity (Wildman–Crippen MR) is 73.9 cm³/mol. The number of halogens is 4. The minimum absolute atomic E-state index is 0.0259. The van der Waals surface area contributed by atoms with Crippen molar-refractivity contribution in [1.82, 2.24) is 0 Å². The molecule has 0 spiro atoms. The Labute approximate surface area is 121 Å². The molecular formula is C12H15ClF3NO2S. The third-order valence-corrected chi connectivity index (χ3v) is 5.09. The van der Waals surface area contributed by atoms with Crippen LogP contribution in [-0.2, 0) is 16.0 Å². The minimum Gasteiger partial charge on any atom is -0.384 e. The Hall–Kier alpha value is -0.950. The van der Waals surface area contributed by atoms with Gasteiger partial charge >= 0.3 is 6.18 Å². The third kappa shape index (κ3) is 4.86. The van der Waals surface area contributed by atoms with Gasteiger partial charge in [-0.15, -0.1) is 0 Å². The van der Waals surface area contributed by atoms with E-state index in [-0.39, 0.29) is 23.0 Å². The summed E-state index contributed by atoms with van der Waals surface area (Å²) in [6.07, 6.45) is -4.49. The highest BCUT2D eigenvalue weighted by Crippen LogP contribution is 2.33. The highest BCUT2D eigenvalue weighted by Gasteiger charge is 2.31. The summed E-state index contributed by atoms with van der Waals surface area (Å²) in [5.74, 6) is -0.154. The number of nitrogens with one attached hydrogen (secondary N) is 1. The standard InChI is InChI=1S/C12H15ClF3NO2S/c1-8(2)20(18,19)4-3-17-11-6-9(12(14,15)16)5-10(13)7-11/h5-8,17H,3-4H2,1-2H3. The van der Waals surface area contributed by atoms with Gasteiger partial charge in [-0.1, -0.05) is 11.6 Å². The van der Waals surface area contributed by atoms with Crippen LogP contribution in [0.5, 0.6) is 0 Å². The number of rotatable bonds is 5. The minimum atomic E-state index is -4.49. The Morgan fingerprint density at radius 1 is 1.25 bits per heavy atom. The lowest BCUT2D eigenvalue weighted by Gasteiger charge is -2.12. The molecule has 0 aromatic heterocycles. The summed E-state index contributed by atoms with van der Waals surface area (Å²) in [6, 6.07) is 3.03. The van der Waals surface area contributed by atoms with E-state index < -0.39 is 26.8 Å². The molecule has 0 atom stereocenters. The summed E-state index contributed by atoms with van der Waals surface area (Å²) < 4.78 is 60.9. The van der Waals surface area contributed by atoms with Crippen molar-refractivity contribution in [1.29, 1.82) is 0 Å². The fourth-order valence-corrected chi connectivity index (χ4v) is 2.52. The van der Waals surface area contributed by atoms with Crippen molar-refractivity contribution in [3.63, 3.8) is 0 Å². The number of hydrogen-bond acceptors (Lipinski definition) is 3. The molecule has 0 saturated heterocycles. The molecule has 1 N–H and O–H groups in total. The molecular weight excluding hydrogens is 315 g/mol. The van der Waals surface area contributed by atoms with Crippen LogP contribution in [0.3, 0.4) is 0 Å². The van der Waals surface area contributed by atoms with Crippen molar-refractivity contribution in [3.8, 4) is 0 Å². The molecule has 0 heterocycles. The smallest absolute Gasteiger partial charge is 0.384 e. The maximum absolute atomic E-state index is 12.6. The molecule has 0 amide bonds. The van der Waals surface area contributed by atoms with E-state index in [4.69, 9.17) is 11.6 Å². The normalized spacial score (nSPS) is 12.8. The third-order valence-electron chi connectivity index (χ3n) is 2.66. The van der Waals surface area contributed by atoms with E-state index >= 15 is 0 Å². The molecule has 1 rings (SSSR count). The summed E-state index contributed by atoms with van der Waals surface area (Å²) >= 11 is 5.62. The molecule has 8 heteroatoms. The zero-order valence-electron chi connectivity index (χ0n) is 11.0. The van der Waals surface area contributed by atoms with E-state index in [1.165, 1.54) is 6.07 Å². The average Bonchev–Trinajstić information content (AvgIpc) is 2.26. The second-order valence-corrected chi connectivity index (χ2v) is 7.68. The lowest BCUT2D eigenvalue weighted by atomic mass is 10.2. The molecule has 1 aromatic rings. The molecule has 0 bridgehead atoms. The molecule has 1 aromatic carbocycles. The first-order valence-corrected chi connectivity index (χ1v) is 7.95. The lowest BCUT2D eigenvalue weighted by Crippen LogP contribution is -2.23. The van der Waals surface area contributed by atoms with Gasteiger partial charge in [0.25, 0.3) is 0 Å². The Balaban J connectivity index is 2.77. The highest BCUT2D eigenvalue weighted by atomic mass is 35.5. The van der Waals surface area contributed by atoms with Crippen LogP contribution < -0.4 is 5.32 Å². The molecule has 114 valence electrons. The number of hydrogen-bond donors (Lipinski definition) is 1. The van der Waals surface area contributed by atoms with E-state index in [0.29, 0.717) is 0 Å². The van der Waals surface area contributed by atoms with E-state index in [1.807, 2.05) is 0 Å². The molecule has 0 radical (unpaired) electrons. The first-order chi connectivity index (χ1) is 9.02. The van der Waals surface area contributed by atoms with Gasteiger partial charge in [-0.05, 0) is 32.0 Å². The zero-order valence-corrected chi connectivity index (χ0v) is 12.5. The van der Waals surface area contributed by atoms with Gasteiger partial charge in [0.15, 0.2) is 9.84 Å². The SMILES string of the molecule is CC(C)S(=O)(=O)CCNc1cc(Cl)cc(C(F)(F)F)c1. The van der Waals surface area contributed by atoms with Gasteiger partial charge in [-0.25, -0.2) is 8.42 Å². The first kappa shape index (κ1) is 17.1. The summed E-state index contributed by atoms with van der Waals surface area (Å²) in [7, 11) is -3.23. The summed E-state index contributed by atoms with van der Waals surface area (Å²) in [5, 5.41) is 2.07. The van der Waals surface area contributed by atoms with Gasteiger partial charge in [0.05, 0.1) is 16.6 Å². The molecule has 0 saturated carbocycles. The number of alkyl halides is 3. The van der Waals surface area contributed by atoms with Crippen molar-refractivity contribution in [3.05, 3.63) is 28.8 Å². The van der Waals surface area contributed by atoms with Crippen LogP contribution >= 0.6 is 11.6 Å². The highest BCUT2D eigenvalue weighted by molar-refractivity contribution is 7.92. The molecule has 20 heavy (non-hydrogen) atoms. The van der Waals surface area contributed by atoms with Gasteiger partial charge < -0.3 is 5.32 Å². The number of sulfone groups is 1. The molecule has 0 aliphatic rings. The van der Waals surface area contributed by atoms with Crippen LogP contribution in [0.1, 0.15) is 19.4 Å². The maximum Gasteiger partial charge on any atom is 0.416 e. The quantitative estimate of drug-likeness (QED) is 0.898. The van der Waals surface area contributed by atoms with Crippen LogP contribution in [0.4, 0.5) is 18.9 Å². The first-order valence-electron chi connectivity index (χ1n) is 5.85. The van der Waals surface area contributed by atoms with Gasteiger partial charge in [0.1, 0.15) is 0 Å². The van der Waals surface area contributed by atoms with E-state index in [9.17, 15) is 21.6 Å². The topological polar surface area (TPSA) is 46.2 Å². The molecule has 0 unspecified atom stereocenters. The maximum atomic E-state index is 12.6. The van der Waals surface area contributed by atoms with Crippen LogP contribution in [0.25, 0.3) is 0 Å². The van der Waals surface area contributed by atoms with Crippen LogP contribution in [0, 0.1) is 0 Å². The average molecular weight is 330 g/mol. The summed E-state index contributed by atoms with van der Waals surface area (Å²) in [5.41, 5.74) is -0.733. The van der Waals surface area contributed by atoms with Gasteiger partial charge in [0, 0.05) is 17.3 Å². The van der Waals surface area contributed by atoms with E-state index in [0.717, 1.165) is 12.1 Å². The predicted octanol–water partition coefficient (Wildman–Crippen LogP) is 3.59. The second-order valence-electron chi connectivity index (χ2n) is 4.57. The number of anilines is 1. The van der Waals surface area contributed by atoms with Crippen molar-refractivity contribution in [2.45, 2.75) is 25.3 Å². The van der Waals surface area contributed by atoms with Gasteiger partial charge in [-0.3, -0.25) is 0 Å². The Morgan fingerprint density at radius 2 is 1.85 bits per heavy atom. The van der Waals surface area contributed by atoms with Crippen LogP contribution in [0.15, 0.2) is 18.2 Å². The van der Waals surface area contributed by atoms with Crippen molar-refractivity contribution >= 4 is 27.1 Å². The van der Waals surface area contributed by atoms with Crippen molar-refractivity contribution < 1.29 is 21.6 Å². The molecule has 0 fully saturated rings. The zero-order chi connectivity index (χ0) is 15.6. The Bertz CT molecular complexity index is 571. The molecule has 3 nitrogen and oxygen atoms in total. The van der Waals surface area contributed by atoms with Crippen molar-refractivity contribution in [2.24, 2.45) is 0 Å². The summed E-state index contributed by atoms with van der Waals surface area (Å²) in [4.78, 5) is 0. The fraction of sp³-hybridized carbons (Fsp3) is 0.500. The van der Waals surface area contributed by atoms with E-state index in [1.54, 1.807) is 13.8 Å². The fourth-order valence-electron chi connectivity index (χ4n) is 1.43. The lowest BCUT2D eigenvalue weighted by molar-refractivity contribution is -0.137. The number of benzene rings is 1. The summed E-state index contributed by atoms with van der Waals surface area (Å²) in [6.45, 7) is 3.13. The van der Waals surface area contributed by atoms with Gasteiger partial charge in [-0.2, -0.15) is 13.2 Å². The van der Waals surface area contributed by atoms with Crippen molar-refractivity contribution in [2.75, 3.05) is 17.6 Å². The largest absolute Gasteiger partial charge is 0.416 e. The molecule has 0 aliphatic carbocycles. The van der Waals surface area contributed by atoms with Crippen LogP contribution in [0.2, 0.25) is 5.02 Å².